The first-order chi connectivity index (χ1) is 15.3. The second-order valence-electron chi connectivity index (χ2n) is 10.5. The van der Waals surface area contributed by atoms with Crippen LogP contribution in [0.3, 0.4) is 0 Å². The third-order valence-corrected chi connectivity index (χ3v) is 8.53. The summed E-state index contributed by atoms with van der Waals surface area (Å²) in [4.78, 5) is 16.4. The smallest absolute Gasteiger partial charge is 0.184 e. The zero-order chi connectivity index (χ0) is 22.9. The molecule has 0 spiro atoms. The van der Waals surface area contributed by atoms with Gasteiger partial charge in [0, 0.05) is 12.8 Å². The van der Waals surface area contributed by atoms with E-state index >= 15 is 0 Å². The minimum absolute atomic E-state index is 0.0678. The number of rotatable bonds is 6. The molecule has 1 aromatic heterocycles. The molecule has 2 N–H and O–H groups in total. The standard InChI is InChI=1S/C27H37NO4/c1-17(6-11-25(30)24-15-32-16-28-24)22-9-10-23-19(5-4-12-27(22,23)3)7-8-20-13-21(29)14-26(31)18(20)2/h7-8,15-17,21-23,26,29,31H,2,4-6,9-14H2,1,3H3/b19-7+,20-8-/t17-,21-,22-,23+,26+,27-/m1/s1. The van der Waals surface area contributed by atoms with E-state index in [-0.39, 0.29) is 11.2 Å². The van der Waals surface area contributed by atoms with Gasteiger partial charge in [-0.05, 0) is 79.3 Å². The van der Waals surface area contributed by atoms with Crippen LogP contribution in [0.2, 0.25) is 0 Å². The summed E-state index contributed by atoms with van der Waals surface area (Å²) in [5.41, 5.74) is 3.93. The predicted octanol–water partition coefficient (Wildman–Crippen LogP) is 5.41. The van der Waals surface area contributed by atoms with Crippen molar-refractivity contribution in [1.82, 2.24) is 4.98 Å². The van der Waals surface area contributed by atoms with Crippen molar-refractivity contribution in [3.8, 4) is 0 Å². The SMILES string of the molecule is C=C1/C(=C\C=C2/CCC[C@]3(C)[C@@H]([C@H](C)CCC(=O)c4cocn4)CC[C@@H]23)C[C@@H](O)C[C@@H]1O. The van der Waals surface area contributed by atoms with Crippen molar-refractivity contribution < 1.29 is 19.4 Å². The molecule has 0 aliphatic heterocycles. The Balaban J connectivity index is 1.44. The molecule has 32 heavy (non-hydrogen) atoms. The van der Waals surface area contributed by atoms with Gasteiger partial charge < -0.3 is 14.6 Å². The molecule has 1 heterocycles. The number of allylic oxidation sites excluding steroid dienone is 3. The quantitative estimate of drug-likeness (QED) is 0.579. The molecule has 3 aliphatic rings. The van der Waals surface area contributed by atoms with Crippen LogP contribution in [0.15, 0.2) is 52.5 Å². The minimum atomic E-state index is -0.642. The van der Waals surface area contributed by atoms with E-state index in [0.29, 0.717) is 42.7 Å². The molecule has 5 nitrogen and oxygen atoms in total. The lowest BCUT2D eigenvalue weighted by Crippen LogP contribution is -2.36. The van der Waals surface area contributed by atoms with Crippen LogP contribution in [-0.4, -0.2) is 33.2 Å². The lowest BCUT2D eigenvalue weighted by Gasteiger charge is -2.44. The van der Waals surface area contributed by atoms with Gasteiger partial charge in [-0.1, -0.05) is 38.2 Å². The summed E-state index contributed by atoms with van der Waals surface area (Å²) in [5.74, 6) is 1.74. The number of aliphatic hydroxyl groups excluding tert-OH is 2. The van der Waals surface area contributed by atoms with Crippen LogP contribution in [0, 0.1) is 23.2 Å². The first-order valence-electron chi connectivity index (χ1n) is 12.2. The molecule has 3 fully saturated rings. The van der Waals surface area contributed by atoms with Crippen molar-refractivity contribution in [2.24, 2.45) is 23.2 Å². The molecule has 174 valence electrons. The first kappa shape index (κ1) is 23.2. The number of Topliss-reactive ketones (excluding diaryl/α,β-unsaturated/α-hetero) is 1. The molecule has 6 atom stereocenters. The molecule has 0 unspecified atom stereocenters. The van der Waals surface area contributed by atoms with Gasteiger partial charge in [-0.3, -0.25) is 4.79 Å². The molecule has 5 heteroatoms. The van der Waals surface area contributed by atoms with Crippen molar-refractivity contribution in [2.45, 2.75) is 83.8 Å². The molecule has 0 amide bonds. The highest BCUT2D eigenvalue weighted by Crippen LogP contribution is 2.59. The normalized spacial score (nSPS) is 36.4. The summed E-state index contributed by atoms with van der Waals surface area (Å²) in [6.45, 7) is 8.81. The second-order valence-corrected chi connectivity index (χ2v) is 10.5. The Bertz CT molecular complexity index is 899. The van der Waals surface area contributed by atoms with E-state index < -0.39 is 12.2 Å². The van der Waals surface area contributed by atoms with Crippen LogP contribution in [0.5, 0.6) is 0 Å². The van der Waals surface area contributed by atoms with Crippen molar-refractivity contribution in [2.75, 3.05) is 0 Å². The maximum absolute atomic E-state index is 12.4. The Morgan fingerprint density at radius 3 is 2.94 bits per heavy atom. The Morgan fingerprint density at radius 2 is 2.19 bits per heavy atom. The fraction of sp³-hybridized carbons (Fsp3) is 0.630. The van der Waals surface area contributed by atoms with Gasteiger partial charge in [0.05, 0.1) is 12.2 Å². The van der Waals surface area contributed by atoms with Gasteiger partial charge in [0.15, 0.2) is 12.2 Å². The number of fused-ring (bicyclic) bond motifs is 1. The predicted molar refractivity (Wildman–Crippen MR) is 124 cm³/mol. The number of carbonyl (C=O) groups excluding carboxylic acids is 1. The molecule has 3 saturated carbocycles. The van der Waals surface area contributed by atoms with Crippen LogP contribution in [0.25, 0.3) is 0 Å². The fourth-order valence-electron chi connectivity index (χ4n) is 6.72. The van der Waals surface area contributed by atoms with E-state index in [1.807, 2.05) is 0 Å². The summed E-state index contributed by atoms with van der Waals surface area (Å²) < 4.78 is 4.95. The number of ketones is 1. The lowest BCUT2D eigenvalue weighted by atomic mass is 9.60. The molecule has 1 aromatic rings. The average Bonchev–Trinajstić information content (AvgIpc) is 3.41. The second kappa shape index (κ2) is 9.48. The average molecular weight is 440 g/mol. The molecule has 4 rings (SSSR count). The molecule has 0 bridgehead atoms. The highest BCUT2D eigenvalue weighted by molar-refractivity contribution is 5.93. The van der Waals surface area contributed by atoms with Crippen LogP contribution < -0.4 is 0 Å². The summed E-state index contributed by atoms with van der Waals surface area (Å²) in [6, 6.07) is 0. The topological polar surface area (TPSA) is 83.6 Å². The zero-order valence-corrected chi connectivity index (χ0v) is 19.4. The molecule has 0 saturated heterocycles. The van der Waals surface area contributed by atoms with Gasteiger partial charge in [-0.2, -0.15) is 0 Å². The van der Waals surface area contributed by atoms with Crippen molar-refractivity contribution >= 4 is 5.78 Å². The highest BCUT2D eigenvalue weighted by atomic mass is 16.3. The Morgan fingerprint density at radius 1 is 1.38 bits per heavy atom. The maximum Gasteiger partial charge on any atom is 0.184 e. The molecule has 3 aliphatic carbocycles. The van der Waals surface area contributed by atoms with Crippen LogP contribution in [0.4, 0.5) is 0 Å². The molecule has 0 radical (unpaired) electrons. The van der Waals surface area contributed by atoms with Gasteiger partial charge in [0.2, 0.25) is 0 Å². The van der Waals surface area contributed by atoms with Gasteiger partial charge in [0.25, 0.3) is 0 Å². The number of hydrogen-bond donors (Lipinski definition) is 2. The number of nitrogens with zero attached hydrogens (tertiary/aromatic N) is 1. The fourth-order valence-corrected chi connectivity index (χ4v) is 6.72. The first-order valence-corrected chi connectivity index (χ1v) is 12.2. The van der Waals surface area contributed by atoms with E-state index in [1.165, 1.54) is 43.9 Å². The van der Waals surface area contributed by atoms with Gasteiger partial charge in [-0.15, -0.1) is 0 Å². The number of aromatic nitrogens is 1. The van der Waals surface area contributed by atoms with Crippen molar-refractivity contribution in [1.29, 1.82) is 0 Å². The lowest BCUT2D eigenvalue weighted by molar-refractivity contribution is 0.0852. The number of aliphatic hydroxyl groups is 2. The van der Waals surface area contributed by atoms with Crippen molar-refractivity contribution in [3.63, 3.8) is 0 Å². The van der Waals surface area contributed by atoms with E-state index in [1.54, 1.807) is 0 Å². The number of oxazole rings is 1. The number of carbonyl (C=O) groups is 1. The molecular weight excluding hydrogens is 402 g/mol. The summed E-state index contributed by atoms with van der Waals surface area (Å²) in [6.07, 6.45) is 14.3. The van der Waals surface area contributed by atoms with Gasteiger partial charge >= 0.3 is 0 Å². The van der Waals surface area contributed by atoms with E-state index in [9.17, 15) is 15.0 Å². The minimum Gasteiger partial charge on any atom is -0.451 e. The van der Waals surface area contributed by atoms with Crippen molar-refractivity contribution in [3.05, 3.63) is 53.8 Å². The summed E-state index contributed by atoms with van der Waals surface area (Å²) in [7, 11) is 0. The monoisotopic (exact) mass is 439 g/mol. The third-order valence-electron chi connectivity index (χ3n) is 8.53. The van der Waals surface area contributed by atoms with Crippen LogP contribution in [0.1, 0.15) is 82.1 Å². The van der Waals surface area contributed by atoms with Crippen LogP contribution >= 0.6 is 0 Å². The van der Waals surface area contributed by atoms with E-state index in [2.05, 4.69) is 37.6 Å². The van der Waals surface area contributed by atoms with Gasteiger partial charge in [-0.25, -0.2) is 4.98 Å². The van der Waals surface area contributed by atoms with Gasteiger partial charge in [0.1, 0.15) is 12.0 Å². The Kier molecular flexibility index (Phi) is 6.87. The van der Waals surface area contributed by atoms with Crippen LogP contribution in [-0.2, 0) is 0 Å². The number of hydrogen-bond acceptors (Lipinski definition) is 5. The third kappa shape index (κ3) is 4.55. The highest BCUT2D eigenvalue weighted by Gasteiger charge is 2.50. The summed E-state index contributed by atoms with van der Waals surface area (Å²) >= 11 is 0. The largest absolute Gasteiger partial charge is 0.451 e. The van der Waals surface area contributed by atoms with E-state index in [0.717, 1.165) is 24.0 Å². The van der Waals surface area contributed by atoms with E-state index in [4.69, 9.17) is 4.42 Å². The summed E-state index contributed by atoms with van der Waals surface area (Å²) in [5, 5.41) is 20.2. The maximum atomic E-state index is 12.4. The zero-order valence-electron chi connectivity index (χ0n) is 19.4. The molecule has 0 aromatic carbocycles. The molecular formula is C27H37NO4. The Hall–Kier alpha value is -1.98. The Labute approximate surface area is 191 Å².